The molecule has 0 saturated carbocycles. The number of carbonyl (C=O) groups is 4. The van der Waals surface area contributed by atoms with Crippen molar-refractivity contribution in [3.8, 4) is 0 Å². The second-order valence-corrected chi connectivity index (χ2v) is 16.3. The lowest BCUT2D eigenvalue weighted by Crippen LogP contribution is -2.67. The summed E-state index contributed by atoms with van der Waals surface area (Å²) in [5.74, 6) is -4.16. The Labute approximate surface area is 317 Å². The van der Waals surface area contributed by atoms with Gasteiger partial charge in [-0.05, 0) is 60.8 Å². The summed E-state index contributed by atoms with van der Waals surface area (Å²) in [4.78, 5) is 76.7. The van der Waals surface area contributed by atoms with Gasteiger partial charge in [0.25, 0.3) is 0 Å². The van der Waals surface area contributed by atoms with Crippen molar-refractivity contribution < 1.29 is 51.1 Å². The van der Waals surface area contributed by atoms with Crippen molar-refractivity contribution in [3.63, 3.8) is 0 Å². The van der Waals surface area contributed by atoms with Crippen LogP contribution in [0.2, 0.25) is 0 Å². The number of benzene rings is 2. The molecule has 0 aliphatic heterocycles. The van der Waals surface area contributed by atoms with E-state index in [1.807, 2.05) is 6.92 Å². The van der Waals surface area contributed by atoms with Gasteiger partial charge < -0.3 is 36.0 Å². The minimum Gasteiger partial charge on any atom is -0.358 e. The van der Waals surface area contributed by atoms with Crippen molar-refractivity contribution in [2.75, 3.05) is 12.7 Å². The molecule has 0 spiro atoms. The van der Waals surface area contributed by atoms with Gasteiger partial charge in [0.2, 0.25) is 23.6 Å². The number of alkyl halides is 3. The van der Waals surface area contributed by atoms with Crippen LogP contribution in [0.1, 0.15) is 82.2 Å². The molecule has 0 radical (unpaired) electrons. The maximum atomic E-state index is 14.6. The summed E-state index contributed by atoms with van der Waals surface area (Å²) in [7, 11) is -4.21. The highest BCUT2D eigenvalue weighted by Gasteiger charge is 2.47. The number of H-pyrrole nitrogens is 1. The number of carbonyl (C=O) groups excluding carboxylic acids is 4. The van der Waals surface area contributed by atoms with E-state index in [0.717, 1.165) is 6.07 Å². The third kappa shape index (κ3) is 10.9. The molecule has 1 heterocycles. The molecule has 5 atom stereocenters. The Balaban J connectivity index is 1.68. The van der Waals surface area contributed by atoms with E-state index in [0.29, 0.717) is 24.1 Å². The number of fused-ring (bicyclic) bond motifs is 3. The molecule has 0 bridgehead atoms. The summed E-state index contributed by atoms with van der Waals surface area (Å²) in [5.41, 5.74) is -1.86. The standard InChI is InChI=1S/C38H50F4N5O7P/c1-5-22(3)31(34(49)43-18-9-10-19-55(52,53)54)46-36(51)37(17-16-29-26(21-37)25-13-11-14-27(33(25)44-29)38(40,41)42)47-35(50)32(23(4)6-2)45-30(48)20-24-12-7-8-15-28(24)39/h7-8,11-15,22-23,31-32,44H,5-6,9-10,16-21H2,1-4H3,(H,43,49)(H,45,48)(H,46,51)(H,47,50)(H2,52,53,54)/t22?,23?,31-,32-,37+/m0/s1. The fourth-order valence-electron chi connectivity index (χ4n) is 6.87. The van der Waals surface area contributed by atoms with Crippen molar-refractivity contribution in [1.82, 2.24) is 26.3 Å². The van der Waals surface area contributed by atoms with Gasteiger partial charge in [0.1, 0.15) is 23.4 Å². The zero-order valence-electron chi connectivity index (χ0n) is 31.3. The smallest absolute Gasteiger partial charge is 0.358 e. The first-order chi connectivity index (χ1) is 25.8. The zero-order valence-corrected chi connectivity index (χ0v) is 32.2. The first-order valence-electron chi connectivity index (χ1n) is 18.5. The van der Waals surface area contributed by atoms with Gasteiger partial charge in [0.15, 0.2) is 0 Å². The van der Waals surface area contributed by atoms with E-state index in [1.165, 1.54) is 30.3 Å². The maximum absolute atomic E-state index is 14.6. The summed E-state index contributed by atoms with van der Waals surface area (Å²) in [6.45, 7) is 7.15. The number of unbranched alkanes of at least 4 members (excludes halogenated alkanes) is 1. The Morgan fingerprint density at radius 1 is 0.927 bits per heavy atom. The summed E-state index contributed by atoms with van der Waals surface area (Å²) in [6.07, 6.45) is -4.34. The van der Waals surface area contributed by atoms with E-state index >= 15 is 0 Å². The first kappa shape index (κ1) is 43.5. The van der Waals surface area contributed by atoms with Crippen LogP contribution in [0.4, 0.5) is 17.6 Å². The molecule has 0 fully saturated rings. The number of hydrogen-bond acceptors (Lipinski definition) is 5. The molecule has 12 nitrogen and oxygen atoms in total. The number of nitrogens with one attached hydrogen (secondary N) is 5. The number of aromatic amines is 1. The highest BCUT2D eigenvalue weighted by atomic mass is 31.2. The molecule has 0 saturated heterocycles. The van der Waals surface area contributed by atoms with Crippen LogP contribution in [0.3, 0.4) is 0 Å². The number of aryl methyl sites for hydroxylation is 1. The lowest BCUT2D eigenvalue weighted by Gasteiger charge is -2.39. The van der Waals surface area contributed by atoms with Gasteiger partial charge >= 0.3 is 13.8 Å². The second-order valence-electron chi connectivity index (χ2n) is 14.5. The van der Waals surface area contributed by atoms with Gasteiger partial charge in [0, 0.05) is 30.2 Å². The predicted octanol–water partition coefficient (Wildman–Crippen LogP) is 5.05. The first-order valence-corrected chi connectivity index (χ1v) is 20.3. The molecule has 55 heavy (non-hydrogen) atoms. The maximum Gasteiger partial charge on any atom is 0.418 e. The molecule has 1 aliphatic carbocycles. The molecule has 2 aromatic carbocycles. The van der Waals surface area contributed by atoms with Crippen LogP contribution < -0.4 is 21.3 Å². The van der Waals surface area contributed by atoms with Gasteiger partial charge in [-0.15, -0.1) is 0 Å². The average Bonchev–Trinajstić information content (AvgIpc) is 3.49. The number of amides is 4. The van der Waals surface area contributed by atoms with Gasteiger partial charge in [0.05, 0.1) is 17.5 Å². The molecule has 1 aliphatic rings. The predicted molar refractivity (Wildman–Crippen MR) is 198 cm³/mol. The number of rotatable bonds is 17. The molecule has 4 amide bonds. The summed E-state index contributed by atoms with van der Waals surface area (Å²) < 4.78 is 67.7. The molecular formula is C38H50F4N5O7P. The van der Waals surface area contributed by atoms with Crippen molar-refractivity contribution in [3.05, 3.63) is 70.7 Å². The Hall–Kier alpha value is -4.27. The van der Waals surface area contributed by atoms with Crippen LogP contribution in [0, 0.1) is 17.7 Å². The SMILES string of the molecule is CCC(C)[C@H](NC(=O)Cc1ccccc1F)C(=O)N[C@]1(C(=O)N[C@H](C(=O)NCCCCP(=O)(O)O)C(C)CC)CCc2[nH]c3c(C(F)(F)F)cccc3c2C1. The highest BCUT2D eigenvalue weighted by molar-refractivity contribution is 7.51. The van der Waals surface area contributed by atoms with E-state index in [-0.39, 0.29) is 67.7 Å². The lowest BCUT2D eigenvalue weighted by atomic mass is 9.78. The average molecular weight is 796 g/mol. The van der Waals surface area contributed by atoms with Crippen molar-refractivity contribution in [2.45, 2.75) is 103 Å². The van der Waals surface area contributed by atoms with E-state index in [9.17, 15) is 41.3 Å². The molecule has 17 heteroatoms. The Morgan fingerprint density at radius 2 is 1.58 bits per heavy atom. The number of hydrogen-bond donors (Lipinski definition) is 7. The largest absolute Gasteiger partial charge is 0.418 e. The van der Waals surface area contributed by atoms with Crippen LogP contribution in [-0.4, -0.2) is 68.7 Å². The Kier molecular flexibility index (Phi) is 14.3. The minimum absolute atomic E-state index is 0.0580. The van der Waals surface area contributed by atoms with Gasteiger partial charge in [-0.2, -0.15) is 13.2 Å². The summed E-state index contributed by atoms with van der Waals surface area (Å²) >= 11 is 0. The number of para-hydroxylation sites is 1. The molecular weight excluding hydrogens is 745 g/mol. The van der Waals surface area contributed by atoms with Crippen molar-refractivity contribution in [2.24, 2.45) is 11.8 Å². The molecule has 2 unspecified atom stereocenters. The Morgan fingerprint density at radius 3 is 2.20 bits per heavy atom. The molecule has 3 aromatic rings. The lowest BCUT2D eigenvalue weighted by molar-refractivity contribution is -0.139. The third-order valence-electron chi connectivity index (χ3n) is 10.5. The molecule has 7 N–H and O–H groups in total. The van der Waals surface area contributed by atoms with Crippen LogP contribution in [-0.2, 0) is 49.2 Å². The van der Waals surface area contributed by atoms with E-state index < -0.39 is 78.2 Å². The summed E-state index contributed by atoms with van der Waals surface area (Å²) in [5, 5.41) is 11.3. The Bertz CT molecular complexity index is 1920. The monoisotopic (exact) mass is 795 g/mol. The quantitative estimate of drug-likeness (QED) is 0.0566. The van der Waals surface area contributed by atoms with Crippen molar-refractivity contribution in [1.29, 1.82) is 0 Å². The van der Waals surface area contributed by atoms with E-state index in [1.54, 1.807) is 26.8 Å². The molecule has 4 rings (SSSR count). The van der Waals surface area contributed by atoms with Gasteiger partial charge in [-0.25, -0.2) is 4.39 Å². The normalized spacial score (nSPS) is 18.1. The topological polar surface area (TPSA) is 190 Å². The van der Waals surface area contributed by atoms with Crippen LogP contribution in [0.25, 0.3) is 10.9 Å². The van der Waals surface area contributed by atoms with Crippen LogP contribution >= 0.6 is 7.60 Å². The molecule has 1 aromatic heterocycles. The fraction of sp³-hybridized carbons (Fsp3) is 0.526. The minimum atomic E-state index is -4.67. The second kappa shape index (κ2) is 18.1. The fourth-order valence-corrected chi connectivity index (χ4v) is 7.50. The molecule has 302 valence electrons. The number of aromatic nitrogens is 1. The van der Waals surface area contributed by atoms with E-state index in [2.05, 4.69) is 26.3 Å². The van der Waals surface area contributed by atoms with Gasteiger partial charge in [-0.1, -0.05) is 70.9 Å². The van der Waals surface area contributed by atoms with Gasteiger partial charge in [-0.3, -0.25) is 23.7 Å². The zero-order chi connectivity index (χ0) is 40.7. The summed E-state index contributed by atoms with van der Waals surface area (Å²) in [6, 6.07) is 7.14. The van der Waals surface area contributed by atoms with Crippen molar-refractivity contribution >= 4 is 42.1 Å². The van der Waals surface area contributed by atoms with Crippen LogP contribution in [0.15, 0.2) is 42.5 Å². The van der Waals surface area contributed by atoms with Crippen LogP contribution in [0.5, 0.6) is 0 Å². The highest BCUT2D eigenvalue weighted by Crippen LogP contribution is 2.40. The third-order valence-corrected chi connectivity index (χ3v) is 11.4. The van der Waals surface area contributed by atoms with E-state index in [4.69, 9.17) is 9.79 Å². The number of halogens is 4.